The van der Waals surface area contributed by atoms with E-state index in [1.54, 1.807) is 24.3 Å². The zero-order valence-corrected chi connectivity index (χ0v) is 18.8. The van der Waals surface area contributed by atoms with E-state index in [1.165, 1.54) is 4.90 Å². The van der Waals surface area contributed by atoms with E-state index in [0.717, 1.165) is 15.4 Å². The molecule has 6 nitrogen and oxygen atoms in total. The Bertz CT molecular complexity index is 1180. The van der Waals surface area contributed by atoms with Crippen LogP contribution in [0.1, 0.15) is 42.4 Å². The van der Waals surface area contributed by atoms with Gasteiger partial charge < -0.3 is 19.2 Å². The first-order valence-electron chi connectivity index (χ1n) is 10.1. The van der Waals surface area contributed by atoms with Gasteiger partial charge in [0.1, 0.15) is 11.3 Å². The van der Waals surface area contributed by atoms with E-state index in [1.807, 2.05) is 38.1 Å². The number of Topliss-reactive ketones (excluding diaryl/α,β-unsaturated/α-hetero) is 1. The fourth-order valence-electron chi connectivity index (χ4n) is 3.88. The predicted octanol–water partition coefficient (Wildman–Crippen LogP) is 5.58. The van der Waals surface area contributed by atoms with Crippen LogP contribution in [-0.4, -0.2) is 34.8 Å². The largest absolute Gasteiger partial charge is 0.503 e. The highest BCUT2D eigenvalue weighted by molar-refractivity contribution is 9.10. The maximum absolute atomic E-state index is 13.4. The molecule has 0 saturated heterocycles. The minimum Gasteiger partial charge on any atom is -0.503 e. The first kappa shape index (κ1) is 21.2. The molecule has 0 radical (unpaired) electrons. The number of carbonyl (C=O) groups excluding carboxylic acids is 2. The molecule has 1 unspecified atom stereocenters. The van der Waals surface area contributed by atoms with Crippen molar-refractivity contribution in [3.8, 4) is 5.75 Å². The SMILES string of the molecule is CCCN1C(=O)C(O)=C(C(=O)c2cc3cc(Br)ccc3o2)C1c1ccc(OCC)cc1. The van der Waals surface area contributed by atoms with Crippen molar-refractivity contribution in [2.24, 2.45) is 0 Å². The summed E-state index contributed by atoms with van der Waals surface area (Å²) in [5.74, 6) is -0.809. The highest BCUT2D eigenvalue weighted by Crippen LogP contribution is 2.40. The average Bonchev–Trinajstić information content (AvgIpc) is 3.28. The van der Waals surface area contributed by atoms with Gasteiger partial charge in [0.2, 0.25) is 5.78 Å². The normalized spacial score (nSPS) is 16.4. The molecular formula is C24H22BrNO5. The molecular weight excluding hydrogens is 462 g/mol. The Balaban J connectivity index is 1.77. The third-order valence-electron chi connectivity index (χ3n) is 5.22. The van der Waals surface area contributed by atoms with Crippen molar-refractivity contribution in [1.29, 1.82) is 0 Å². The summed E-state index contributed by atoms with van der Waals surface area (Å²) in [4.78, 5) is 27.8. The van der Waals surface area contributed by atoms with E-state index >= 15 is 0 Å². The van der Waals surface area contributed by atoms with Crippen molar-refractivity contribution in [3.63, 3.8) is 0 Å². The molecule has 0 spiro atoms. The van der Waals surface area contributed by atoms with Crippen LogP contribution in [0, 0.1) is 0 Å². The molecule has 1 aromatic heterocycles. The van der Waals surface area contributed by atoms with E-state index in [0.29, 0.717) is 30.9 Å². The molecule has 2 aromatic carbocycles. The van der Waals surface area contributed by atoms with Gasteiger partial charge in [-0.25, -0.2) is 0 Å². The quantitative estimate of drug-likeness (QED) is 0.443. The average molecular weight is 484 g/mol. The summed E-state index contributed by atoms with van der Waals surface area (Å²) in [5, 5.41) is 11.4. The number of rotatable bonds is 7. The van der Waals surface area contributed by atoms with Gasteiger partial charge in [-0.1, -0.05) is 35.0 Å². The third kappa shape index (κ3) is 3.85. The van der Waals surface area contributed by atoms with Crippen LogP contribution in [0.2, 0.25) is 0 Å². The van der Waals surface area contributed by atoms with Gasteiger partial charge in [-0.05, 0) is 55.3 Å². The van der Waals surface area contributed by atoms with Gasteiger partial charge in [-0.3, -0.25) is 9.59 Å². The summed E-state index contributed by atoms with van der Waals surface area (Å²) in [6.45, 7) is 4.78. The Labute approximate surface area is 188 Å². The first-order chi connectivity index (χ1) is 14.9. The molecule has 1 aliphatic rings. The second-order valence-electron chi connectivity index (χ2n) is 7.29. The molecule has 0 aliphatic carbocycles. The smallest absolute Gasteiger partial charge is 0.290 e. The lowest BCUT2D eigenvalue weighted by molar-refractivity contribution is -0.129. The Morgan fingerprint density at radius 2 is 1.90 bits per heavy atom. The van der Waals surface area contributed by atoms with Gasteiger partial charge >= 0.3 is 0 Å². The van der Waals surface area contributed by atoms with Crippen molar-refractivity contribution < 1.29 is 23.8 Å². The minimum absolute atomic E-state index is 0.0285. The number of hydrogen-bond acceptors (Lipinski definition) is 5. The van der Waals surface area contributed by atoms with Crippen molar-refractivity contribution in [1.82, 2.24) is 4.90 Å². The number of amides is 1. The monoisotopic (exact) mass is 483 g/mol. The number of ether oxygens (including phenoxy) is 1. The number of nitrogens with zero attached hydrogens (tertiary/aromatic N) is 1. The summed E-state index contributed by atoms with van der Waals surface area (Å²) in [6, 6.07) is 13.6. The number of fused-ring (bicyclic) bond motifs is 1. The van der Waals surface area contributed by atoms with Gasteiger partial charge in [0.05, 0.1) is 18.2 Å². The van der Waals surface area contributed by atoms with Gasteiger partial charge in [0.15, 0.2) is 11.5 Å². The zero-order chi connectivity index (χ0) is 22.1. The summed E-state index contributed by atoms with van der Waals surface area (Å²) in [6.07, 6.45) is 0.687. The maximum Gasteiger partial charge on any atom is 0.290 e. The van der Waals surface area contributed by atoms with Crippen LogP contribution in [0.15, 0.2) is 68.8 Å². The predicted molar refractivity (Wildman–Crippen MR) is 120 cm³/mol. The Morgan fingerprint density at radius 3 is 2.58 bits per heavy atom. The molecule has 31 heavy (non-hydrogen) atoms. The Morgan fingerprint density at radius 1 is 1.16 bits per heavy atom. The fraction of sp³-hybridized carbons (Fsp3) is 0.250. The minimum atomic E-state index is -0.699. The van der Waals surface area contributed by atoms with Gasteiger partial charge in [-0.15, -0.1) is 0 Å². The molecule has 7 heteroatoms. The summed E-state index contributed by atoms with van der Waals surface area (Å²) in [7, 11) is 0. The van der Waals surface area contributed by atoms with Crippen LogP contribution in [0.5, 0.6) is 5.75 Å². The van der Waals surface area contributed by atoms with E-state index in [-0.39, 0.29) is 11.3 Å². The highest BCUT2D eigenvalue weighted by atomic mass is 79.9. The van der Waals surface area contributed by atoms with Crippen molar-refractivity contribution in [2.75, 3.05) is 13.2 Å². The molecule has 0 fully saturated rings. The number of halogens is 1. The molecule has 0 saturated carbocycles. The molecule has 1 atom stereocenters. The van der Waals surface area contributed by atoms with Crippen LogP contribution in [-0.2, 0) is 4.79 Å². The summed E-state index contributed by atoms with van der Waals surface area (Å²) in [5.41, 5.74) is 1.30. The van der Waals surface area contributed by atoms with E-state index in [9.17, 15) is 14.7 Å². The number of carbonyl (C=O) groups is 2. The van der Waals surface area contributed by atoms with E-state index < -0.39 is 23.5 Å². The number of benzene rings is 2. The second kappa shape index (κ2) is 8.59. The van der Waals surface area contributed by atoms with Gasteiger partial charge in [0.25, 0.3) is 5.91 Å². The van der Waals surface area contributed by atoms with Gasteiger partial charge in [0, 0.05) is 16.4 Å². The molecule has 2 heterocycles. The lowest BCUT2D eigenvalue weighted by Crippen LogP contribution is -2.31. The lowest BCUT2D eigenvalue weighted by Gasteiger charge is -2.26. The van der Waals surface area contributed by atoms with Crippen LogP contribution >= 0.6 is 15.9 Å². The standard InChI is InChI=1S/C24H22BrNO5/c1-3-11-26-21(14-5-8-17(9-6-14)30-4-2)20(23(28)24(26)29)22(27)19-13-15-12-16(25)7-10-18(15)31-19/h5-10,12-13,21,28H,3-4,11H2,1-2H3. The topological polar surface area (TPSA) is 80.0 Å². The molecule has 0 bridgehead atoms. The first-order valence-corrected chi connectivity index (χ1v) is 10.9. The highest BCUT2D eigenvalue weighted by Gasteiger charge is 2.44. The molecule has 1 amide bonds. The van der Waals surface area contributed by atoms with Crippen molar-refractivity contribution in [2.45, 2.75) is 26.3 Å². The van der Waals surface area contributed by atoms with E-state index in [2.05, 4.69) is 15.9 Å². The maximum atomic E-state index is 13.4. The van der Waals surface area contributed by atoms with Crippen LogP contribution in [0.25, 0.3) is 11.0 Å². The molecule has 160 valence electrons. The molecule has 4 rings (SSSR count). The number of aliphatic hydroxyl groups excluding tert-OH is 1. The number of aliphatic hydroxyl groups is 1. The molecule has 3 aromatic rings. The molecule has 1 N–H and O–H groups in total. The summed E-state index contributed by atoms with van der Waals surface area (Å²) < 4.78 is 12.1. The third-order valence-corrected chi connectivity index (χ3v) is 5.72. The fourth-order valence-corrected chi connectivity index (χ4v) is 4.25. The zero-order valence-electron chi connectivity index (χ0n) is 17.2. The number of hydrogen-bond donors (Lipinski definition) is 1. The van der Waals surface area contributed by atoms with Crippen LogP contribution < -0.4 is 4.74 Å². The Kier molecular flexibility index (Phi) is 5.87. The van der Waals surface area contributed by atoms with Gasteiger partial charge in [-0.2, -0.15) is 0 Å². The van der Waals surface area contributed by atoms with Crippen LogP contribution in [0.3, 0.4) is 0 Å². The lowest BCUT2D eigenvalue weighted by atomic mass is 9.95. The summed E-state index contributed by atoms with van der Waals surface area (Å²) >= 11 is 3.41. The van der Waals surface area contributed by atoms with Crippen LogP contribution in [0.4, 0.5) is 0 Å². The Hall–Kier alpha value is -3.06. The molecule has 1 aliphatic heterocycles. The number of furan rings is 1. The van der Waals surface area contributed by atoms with Crippen molar-refractivity contribution in [3.05, 3.63) is 75.7 Å². The number of ketones is 1. The van der Waals surface area contributed by atoms with Crippen molar-refractivity contribution >= 4 is 38.6 Å². The second-order valence-corrected chi connectivity index (χ2v) is 8.20. The van der Waals surface area contributed by atoms with E-state index in [4.69, 9.17) is 9.15 Å².